The Bertz CT molecular complexity index is 710. The average Bonchev–Trinajstić information content (AvgIpc) is 2.93. The third-order valence-corrected chi connectivity index (χ3v) is 4.05. The molecule has 1 heterocycles. The van der Waals surface area contributed by atoms with Crippen molar-refractivity contribution in [3.05, 3.63) is 46.6 Å². The SMILES string of the molecule is CC(=O)NC(C(=O)Nc1ccnn1Cc1ccc(Br)cc1)C(C)C. The summed E-state index contributed by atoms with van der Waals surface area (Å²) in [5.74, 6) is 0.0978. The van der Waals surface area contributed by atoms with E-state index >= 15 is 0 Å². The molecule has 1 aromatic heterocycles. The van der Waals surface area contributed by atoms with Crippen molar-refractivity contribution in [2.24, 2.45) is 5.92 Å². The van der Waals surface area contributed by atoms with Gasteiger partial charge in [0.05, 0.1) is 12.7 Å². The Morgan fingerprint density at radius 1 is 1.21 bits per heavy atom. The van der Waals surface area contributed by atoms with E-state index in [1.165, 1.54) is 6.92 Å². The van der Waals surface area contributed by atoms with Crippen molar-refractivity contribution in [3.63, 3.8) is 0 Å². The number of hydrogen-bond donors (Lipinski definition) is 2. The van der Waals surface area contributed by atoms with Crippen molar-refractivity contribution >= 4 is 33.6 Å². The van der Waals surface area contributed by atoms with Crippen LogP contribution in [0.3, 0.4) is 0 Å². The van der Waals surface area contributed by atoms with Gasteiger partial charge < -0.3 is 10.6 Å². The molecular weight excluding hydrogens is 372 g/mol. The molecule has 0 saturated heterocycles. The maximum Gasteiger partial charge on any atom is 0.248 e. The lowest BCUT2D eigenvalue weighted by Crippen LogP contribution is -2.46. The minimum Gasteiger partial charge on any atom is -0.344 e. The van der Waals surface area contributed by atoms with Gasteiger partial charge in [0.15, 0.2) is 0 Å². The predicted octanol–water partition coefficient (Wildman–Crippen LogP) is 2.79. The van der Waals surface area contributed by atoms with Crippen LogP contribution in [0.1, 0.15) is 26.3 Å². The molecule has 2 aromatic rings. The molecule has 0 radical (unpaired) electrons. The van der Waals surface area contributed by atoms with Gasteiger partial charge in [0.25, 0.3) is 0 Å². The lowest BCUT2D eigenvalue weighted by atomic mass is 10.0. The molecule has 0 saturated carbocycles. The molecule has 2 N–H and O–H groups in total. The third-order valence-electron chi connectivity index (χ3n) is 3.52. The molecule has 2 rings (SSSR count). The monoisotopic (exact) mass is 392 g/mol. The summed E-state index contributed by atoms with van der Waals surface area (Å²) in [5, 5.41) is 9.78. The smallest absolute Gasteiger partial charge is 0.248 e. The van der Waals surface area contributed by atoms with Gasteiger partial charge in [-0.1, -0.05) is 41.9 Å². The molecule has 1 atom stereocenters. The maximum absolute atomic E-state index is 12.5. The van der Waals surface area contributed by atoms with Crippen LogP contribution in [-0.4, -0.2) is 27.6 Å². The van der Waals surface area contributed by atoms with Gasteiger partial charge in [0.2, 0.25) is 11.8 Å². The van der Waals surface area contributed by atoms with Gasteiger partial charge in [0.1, 0.15) is 11.9 Å². The number of carbonyl (C=O) groups excluding carboxylic acids is 2. The van der Waals surface area contributed by atoms with Crippen LogP contribution in [0.25, 0.3) is 0 Å². The Morgan fingerprint density at radius 2 is 1.88 bits per heavy atom. The number of carbonyl (C=O) groups is 2. The lowest BCUT2D eigenvalue weighted by molar-refractivity contribution is -0.126. The number of rotatable bonds is 6. The van der Waals surface area contributed by atoms with E-state index in [2.05, 4.69) is 31.7 Å². The average molecular weight is 393 g/mol. The Hall–Kier alpha value is -2.15. The highest BCUT2D eigenvalue weighted by Crippen LogP contribution is 2.15. The summed E-state index contributed by atoms with van der Waals surface area (Å²) < 4.78 is 2.72. The number of halogens is 1. The number of benzene rings is 1. The number of aromatic nitrogens is 2. The quantitative estimate of drug-likeness (QED) is 0.793. The fraction of sp³-hybridized carbons (Fsp3) is 0.353. The second-order valence-corrected chi connectivity index (χ2v) is 6.83. The first-order valence-corrected chi connectivity index (χ1v) is 8.50. The number of hydrogen-bond acceptors (Lipinski definition) is 3. The van der Waals surface area contributed by atoms with Crippen molar-refractivity contribution in [2.45, 2.75) is 33.4 Å². The molecule has 0 aliphatic carbocycles. The molecule has 0 fully saturated rings. The zero-order chi connectivity index (χ0) is 17.7. The van der Waals surface area contributed by atoms with E-state index in [1.807, 2.05) is 38.1 Å². The Morgan fingerprint density at radius 3 is 2.46 bits per heavy atom. The molecule has 7 heteroatoms. The van der Waals surface area contributed by atoms with E-state index in [4.69, 9.17) is 0 Å². The lowest BCUT2D eigenvalue weighted by Gasteiger charge is -2.21. The van der Waals surface area contributed by atoms with Crippen molar-refractivity contribution in [2.75, 3.05) is 5.32 Å². The number of amides is 2. The largest absolute Gasteiger partial charge is 0.344 e. The highest BCUT2D eigenvalue weighted by Gasteiger charge is 2.23. The fourth-order valence-electron chi connectivity index (χ4n) is 2.29. The first kappa shape index (κ1) is 18.2. The van der Waals surface area contributed by atoms with Crippen LogP contribution in [0.2, 0.25) is 0 Å². The zero-order valence-corrected chi connectivity index (χ0v) is 15.5. The van der Waals surface area contributed by atoms with Crippen LogP contribution < -0.4 is 10.6 Å². The summed E-state index contributed by atoms with van der Waals surface area (Å²) in [6, 6.07) is 9.06. The Labute approximate surface area is 149 Å². The summed E-state index contributed by atoms with van der Waals surface area (Å²) >= 11 is 3.41. The Kier molecular flexibility index (Phi) is 6.14. The predicted molar refractivity (Wildman–Crippen MR) is 96.5 cm³/mol. The van der Waals surface area contributed by atoms with E-state index in [-0.39, 0.29) is 17.7 Å². The molecule has 24 heavy (non-hydrogen) atoms. The van der Waals surface area contributed by atoms with E-state index in [0.29, 0.717) is 12.4 Å². The molecular formula is C17H21BrN4O2. The van der Waals surface area contributed by atoms with Gasteiger partial charge in [0, 0.05) is 17.5 Å². The molecule has 128 valence electrons. The fourth-order valence-corrected chi connectivity index (χ4v) is 2.55. The second kappa shape index (κ2) is 8.10. The second-order valence-electron chi connectivity index (χ2n) is 5.91. The molecule has 0 aliphatic rings. The highest BCUT2D eigenvalue weighted by atomic mass is 79.9. The van der Waals surface area contributed by atoms with Crippen LogP contribution in [0.15, 0.2) is 41.0 Å². The summed E-state index contributed by atoms with van der Waals surface area (Å²) in [4.78, 5) is 23.8. The van der Waals surface area contributed by atoms with Gasteiger partial charge >= 0.3 is 0 Å². The first-order valence-electron chi connectivity index (χ1n) is 7.71. The molecule has 0 bridgehead atoms. The van der Waals surface area contributed by atoms with E-state index in [0.717, 1.165) is 10.0 Å². The van der Waals surface area contributed by atoms with Gasteiger partial charge in [-0.15, -0.1) is 0 Å². The van der Waals surface area contributed by atoms with E-state index in [9.17, 15) is 9.59 Å². The van der Waals surface area contributed by atoms with Crippen LogP contribution in [0, 0.1) is 5.92 Å². The van der Waals surface area contributed by atoms with Gasteiger partial charge in [-0.3, -0.25) is 9.59 Å². The standard InChI is InChI=1S/C17H21BrN4O2/c1-11(2)16(20-12(3)23)17(24)21-15-8-9-19-22(15)10-13-4-6-14(18)7-5-13/h4-9,11,16H,10H2,1-3H3,(H,20,23)(H,21,24). The number of anilines is 1. The number of nitrogens with zero attached hydrogens (tertiary/aromatic N) is 2. The summed E-state index contributed by atoms with van der Waals surface area (Å²) in [5.41, 5.74) is 1.07. The molecule has 0 aliphatic heterocycles. The Balaban J connectivity index is 2.10. The summed E-state index contributed by atoms with van der Waals surface area (Å²) in [6.45, 7) is 5.72. The topological polar surface area (TPSA) is 76.0 Å². The first-order chi connectivity index (χ1) is 11.4. The minimum absolute atomic E-state index is 0.0169. The molecule has 6 nitrogen and oxygen atoms in total. The molecule has 1 aromatic carbocycles. The van der Waals surface area contributed by atoms with Crippen molar-refractivity contribution in [1.82, 2.24) is 15.1 Å². The van der Waals surface area contributed by atoms with E-state index in [1.54, 1.807) is 16.9 Å². The van der Waals surface area contributed by atoms with Crippen LogP contribution in [0.4, 0.5) is 5.82 Å². The van der Waals surface area contributed by atoms with Crippen molar-refractivity contribution in [1.29, 1.82) is 0 Å². The third kappa shape index (κ3) is 4.92. The van der Waals surface area contributed by atoms with Crippen molar-refractivity contribution in [3.8, 4) is 0 Å². The minimum atomic E-state index is -0.585. The molecule has 2 amide bonds. The highest BCUT2D eigenvalue weighted by molar-refractivity contribution is 9.10. The van der Waals surface area contributed by atoms with E-state index < -0.39 is 6.04 Å². The summed E-state index contributed by atoms with van der Waals surface area (Å²) in [6.07, 6.45) is 1.64. The van der Waals surface area contributed by atoms with Gasteiger partial charge in [-0.05, 0) is 23.6 Å². The van der Waals surface area contributed by atoms with Crippen LogP contribution in [0.5, 0.6) is 0 Å². The van der Waals surface area contributed by atoms with Gasteiger partial charge in [-0.2, -0.15) is 5.10 Å². The maximum atomic E-state index is 12.5. The number of nitrogens with one attached hydrogen (secondary N) is 2. The molecule has 1 unspecified atom stereocenters. The summed E-state index contributed by atoms with van der Waals surface area (Å²) in [7, 11) is 0. The zero-order valence-electron chi connectivity index (χ0n) is 13.9. The normalized spacial score (nSPS) is 12.0. The van der Waals surface area contributed by atoms with Gasteiger partial charge in [-0.25, -0.2) is 4.68 Å². The van der Waals surface area contributed by atoms with Crippen LogP contribution >= 0.6 is 15.9 Å². The van der Waals surface area contributed by atoms with Crippen molar-refractivity contribution < 1.29 is 9.59 Å². The molecule has 0 spiro atoms. The van der Waals surface area contributed by atoms with Crippen LogP contribution in [-0.2, 0) is 16.1 Å².